The van der Waals surface area contributed by atoms with Gasteiger partial charge in [0.25, 0.3) is 5.82 Å². The highest BCUT2D eigenvalue weighted by atomic mass is 19.4. The minimum atomic E-state index is -4.63. The van der Waals surface area contributed by atoms with Crippen LogP contribution in [0.25, 0.3) is 5.65 Å². The lowest BCUT2D eigenvalue weighted by Crippen LogP contribution is -2.43. The van der Waals surface area contributed by atoms with Crippen LogP contribution >= 0.6 is 0 Å². The number of halogens is 3. The van der Waals surface area contributed by atoms with Crippen LogP contribution in [0.5, 0.6) is 0 Å². The number of rotatable bonds is 4. The molecule has 0 bridgehead atoms. The van der Waals surface area contributed by atoms with Crippen molar-refractivity contribution >= 4 is 23.1 Å². The number of benzene rings is 1. The van der Waals surface area contributed by atoms with E-state index in [0.717, 1.165) is 10.2 Å². The molecule has 0 unspecified atom stereocenters. The maximum absolute atomic E-state index is 13.1. The first-order valence-corrected chi connectivity index (χ1v) is 9.79. The number of anilines is 2. The average molecular weight is 418 g/mol. The molecular formula is C20H21F3N6O. The predicted molar refractivity (Wildman–Crippen MR) is 105 cm³/mol. The van der Waals surface area contributed by atoms with E-state index in [2.05, 4.69) is 15.3 Å². The molecule has 10 heteroatoms. The molecule has 2 aromatic heterocycles. The van der Waals surface area contributed by atoms with Crippen LogP contribution in [0, 0.1) is 5.92 Å². The van der Waals surface area contributed by atoms with Crippen LogP contribution in [0.2, 0.25) is 0 Å². The third-order valence-corrected chi connectivity index (χ3v) is 5.32. The topological polar surface area (TPSA) is 66.6 Å². The highest BCUT2D eigenvalue weighted by Gasteiger charge is 2.38. The summed E-state index contributed by atoms with van der Waals surface area (Å²) in [5.41, 5.74) is 0.907. The fourth-order valence-electron chi connectivity index (χ4n) is 3.77. The van der Waals surface area contributed by atoms with Gasteiger partial charge in [-0.25, -0.2) is 0 Å². The number of aromatic nitrogens is 4. The normalized spacial score (nSPS) is 15.5. The minimum absolute atomic E-state index is 0.0394. The Morgan fingerprint density at radius 3 is 2.43 bits per heavy atom. The Bertz CT molecular complexity index is 1030. The van der Waals surface area contributed by atoms with Crippen molar-refractivity contribution in [1.82, 2.24) is 19.8 Å². The van der Waals surface area contributed by atoms with Gasteiger partial charge in [-0.2, -0.15) is 17.7 Å². The zero-order valence-electron chi connectivity index (χ0n) is 16.4. The smallest absolute Gasteiger partial charge is 0.355 e. The van der Waals surface area contributed by atoms with Crippen molar-refractivity contribution in [3.05, 3.63) is 48.3 Å². The first-order chi connectivity index (χ1) is 14.4. The average Bonchev–Trinajstić information content (AvgIpc) is 3.19. The second-order valence-corrected chi connectivity index (χ2v) is 7.16. The lowest BCUT2D eigenvalue weighted by molar-refractivity contribution is -0.146. The van der Waals surface area contributed by atoms with Gasteiger partial charge >= 0.3 is 6.18 Å². The lowest BCUT2D eigenvalue weighted by atomic mass is 9.95. The molecule has 1 amide bonds. The number of hydrogen-bond acceptors (Lipinski definition) is 5. The molecule has 1 aliphatic rings. The van der Waals surface area contributed by atoms with Gasteiger partial charge in [0.05, 0.1) is 0 Å². The van der Waals surface area contributed by atoms with E-state index in [-0.39, 0.29) is 17.5 Å². The van der Waals surface area contributed by atoms with E-state index in [1.165, 1.54) is 6.07 Å². The van der Waals surface area contributed by atoms with Crippen molar-refractivity contribution in [1.29, 1.82) is 0 Å². The van der Waals surface area contributed by atoms with Crippen molar-refractivity contribution in [2.24, 2.45) is 5.92 Å². The SMILES string of the molecule is CCN(C(=O)C1CCN(c2ccc3nnc(C(F)(F)F)n3n2)CC1)c1ccccc1. The number of carbonyl (C=O) groups is 1. The van der Waals surface area contributed by atoms with Gasteiger partial charge in [0.15, 0.2) is 5.65 Å². The van der Waals surface area contributed by atoms with E-state index in [0.29, 0.717) is 38.3 Å². The fraction of sp³-hybridized carbons (Fsp3) is 0.400. The third kappa shape index (κ3) is 3.81. The quantitative estimate of drug-likeness (QED) is 0.650. The zero-order chi connectivity index (χ0) is 21.3. The van der Waals surface area contributed by atoms with E-state index in [1.54, 1.807) is 11.0 Å². The van der Waals surface area contributed by atoms with Gasteiger partial charge in [-0.3, -0.25) is 4.79 Å². The second-order valence-electron chi connectivity index (χ2n) is 7.16. The summed E-state index contributed by atoms with van der Waals surface area (Å²) in [6.45, 7) is 3.58. The molecule has 3 aromatic rings. The number of alkyl halides is 3. The molecule has 1 fully saturated rings. The van der Waals surface area contributed by atoms with E-state index >= 15 is 0 Å². The Morgan fingerprint density at radius 2 is 1.80 bits per heavy atom. The Kier molecular flexibility index (Phi) is 5.31. The number of carbonyl (C=O) groups excluding carboxylic acids is 1. The number of piperidine rings is 1. The molecule has 30 heavy (non-hydrogen) atoms. The molecule has 0 saturated carbocycles. The number of para-hydroxylation sites is 1. The van der Waals surface area contributed by atoms with Crippen LogP contribution in [0.1, 0.15) is 25.6 Å². The van der Waals surface area contributed by atoms with Gasteiger partial charge in [-0.1, -0.05) is 18.2 Å². The van der Waals surface area contributed by atoms with Crippen molar-refractivity contribution in [3.63, 3.8) is 0 Å². The Balaban J connectivity index is 1.47. The van der Waals surface area contributed by atoms with Gasteiger partial charge in [0.1, 0.15) is 5.82 Å². The molecule has 0 N–H and O–H groups in total. The van der Waals surface area contributed by atoms with Gasteiger partial charge in [0, 0.05) is 31.2 Å². The molecular weight excluding hydrogens is 397 g/mol. The summed E-state index contributed by atoms with van der Waals surface area (Å²) in [6.07, 6.45) is -3.42. The molecule has 0 spiro atoms. The first kappa shape index (κ1) is 20.1. The first-order valence-electron chi connectivity index (χ1n) is 9.79. The molecule has 0 radical (unpaired) electrons. The summed E-state index contributed by atoms with van der Waals surface area (Å²) in [4.78, 5) is 16.7. The number of amides is 1. The van der Waals surface area contributed by atoms with Gasteiger partial charge < -0.3 is 9.80 Å². The molecule has 7 nitrogen and oxygen atoms in total. The van der Waals surface area contributed by atoms with Crippen LogP contribution in [0.3, 0.4) is 0 Å². The zero-order valence-corrected chi connectivity index (χ0v) is 16.4. The van der Waals surface area contributed by atoms with Crippen molar-refractivity contribution in [2.45, 2.75) is 25.9 Å². The molecule has 0 aliphatic carbocycles. The summed E-state index contributed by atoms with van der Waals surface area (Å²) in [6, 6.07) is 12.6. The van der Waals surface area contributed by atoms with Gasteiger partial charge in [-0.15, -0.1) is 15.3 Å². The summed E-state index contributed by atoms with van der Waals surface area (Å²) in [5.74, 6) is -0.796. The van der Waals surface area contributed by atoms with E-state index in [9.17, 15) is 18.0 Å². The molecule has 4 rings (SSSR count). The predicted octanol–water partition coefficient (Wildman–Crippen LogP) is 3.41. The summed E-state index contributed by atoms with van der Waals surface area (Å²) >= 11 is 0. The molecule has 0 atom stereocenters. The van der Waals surface area contributed by atoms with Gasteiger partial charge in [0.2, 0.25) is 5.91 Å². The standard InChI is InChI=1S/C20H21F3N6O/c1-2-28(15-6-4-3-5-7-15)18(30)14-10-12-27(13-11-14)17-9-8-16-24-25-19(20(21,22)23)29(16)26-17/h3-9,14H,2,10-13H2,1H3. The molecule has 1 aliphatic heterocycles. The Morgan fingerprint density at radius 1 is 1.10 bits per heavy atom. The van der Waals surface area contributed by atoms with E-state index in [1.807, 2.05) is 42.2 Å². The van der Waals surface area contributed by atoms with E-state index < -0.39 is 12.0 Å². The van der Waals surface area contributed by atoms with E-state index in [4.69, 9.17) is 0 Å². The monoisotopic (exact) mass is 418 g/mol. The Labute approximate surface area is 171 Å². The number of hydrogen-bond donors (Lipinski definition) is 0. The van der Waals surface area contributed by atoms with Crippen LogP contribution < -0.4 is 9.80 Å². The highest BCUT2D eigenvalue weighted by Crippen LogP contribution is 2.29. The minimum Gasteiger partial charge on any atom is -0.355 e. The number of nitrogens with zero attached hydrogens (tertiary/aromatic N) is 6. The largest absolute Gasteiger partial charge is 0.453 e. The van der Waals surface area contributed by atoms with Crippen LogP contribution in [0.15, 0.2) is 42.5 Å². The molecule has 1 aromatic carbocycles. The van der Waals surface area contributed by atoms with Crippen LogP contribution in [-0.2, 0) is 11.0 Å². The molecule has 1 saturated heterocycles. The highest BCUT2D eigenvalue weighted by molar-refractivity contribution is 5.95. The van der Waals surface area contributed by atoms with Crippen molar-refractivity contribution in [2.75, 3.05) is 29.4 Å². The Hall–Kier alpha value is -3.17. The molecule has 3 heterocycles. The van der Waals surface area contributed by atoms with Crippen LogP contribution in [0.4, 0.5) is 24.7 Å². The molecule has 158 valence electrons. The van der Waals surface area contributed by atoms with Crippen molar-refractivity contribution < 1.29 is 18.0 Å². The summed E-state index contributed by atoms with van der Waals surface area (Å²) < 4.78 is 40.0. The van der Waals surface area contributed by atoms with Gasteiger partial charge in [-0.05, 0) is 44.0 Å². The maximum Gasteiger partial charge on any atom is 0.453 e. The summed E-state index contributed by atoms with van der Waals surface area (Å²) in [5, 5.41) is 10.8. The van der Waals surface area contributed by atoms with Crippen LogP contribution in [-0.4, -0.2) is 45.4 Å². The lowest BCUT2D eigenvalue weighted by Gasteiger charge is -2.34. The van der Waals surface area contributed by atoms with Crippen molar-refractivity contribution in [3.8, 4) is 0 Å². The number of fused-ring (bicyclic) bond motifs is 1. The fourth-order valence-corrected chi connectivity index (χ4v) is 3.77. The third-order valence-electron chi connectivity index (χ3n) is 5.32. The summed E-state index contributed by atoms with van der Waals surface area (Å²) in [7, 11) is 0. The maximum atomic E-state index is 13.1. The second kappa shape index (κ2) is 7.92.